The first-order chi connectivity index (χ1) is 9.90. The highest BCUT2D eigenvalue weighted by Gasteiger charge is 2.17. The second-order valence-electron chi connectivity index (χ2n) is 6.22. The van der Waals surface area contributed by atoms with Crippen molar-refractivity contribution in [3.05, 3.63) is 35.9 Å². The molecule has 0 spiro atoms. The van der Waals surface area contributed by atoms with Gasteiger partial charge in [0.2, 0.25) is 0 Å². The molecule has 0 aliphatic heterocycles. The number of hydrogen-bond acceptors (Lipinski definition) is 2. The Hall–Kier alpha value is -1.55. The van der Waals surface area contributed by atoms with Gasteiger partial charge >= 0.3 is 6.03 Å². The van der Waals surface area contributed by atoms with E-state index in [1.165, 1.54) is 0 Å². The van der Waals surface area contributed by atoms with E-state index in [1.807, 2.05) is 56.3 Å². The third kappa shape index (κ3) is 6.63. The van der Waals surface area contributed by atoms with Gasteiger partial charge in [-0.2, -0.15) is 0 Å². The molecule has 0 saturated carbocycles. The Morgan fingerprint density at radius 3 is 2.24 bits per heavy atom. The number of carbonyl (C=O) groups excluding carboxylic acids is 1. The SMILES string of the molecule is CC(C)CN(CCN(C)C)C(=O)NC(C)c1ccccc1. The van der Waals surface area contributed by atoms with Crippen LogP contribution in [0.1, 0.15) is 32.4 Å². The van der Waals surface area contributed by atoms with Gasteiger partial charge in [0.05, 0.1) is 6.04 Å². The summed E-state index contributed by atoms with van der Waals surface area (Å²) in [4.78, 5) is 16.5. The van der Waals surface area contributed by atoms with Crippen LogP contribution >= 0.6 is 0 Å². The van der Waals surface area contributed by atoms with E-state index in [0.717, 1.165) is 25.2 Å². The summed E-state index contributed by atoms with van der Waals surface area (Å²) in [5, 5.41) is 3.09. The summed E-state index contributed by atoms with van der Waals surface area (Å²) in [6.45, 7) is 8.69. The zero-order valence-corrected chi connectivity index (χ0v) is 14.0. The van der Waals surface area contributed by atoms with Crippen LogP contribution in [-0.4, -0.2) is 49.6 Å². The monoisotopic (exact) mass is 291 g/mol. The van der Waals surface area contributed by atoms with Crippen LogP contribution in [0.5, 0.6) is 0 Å². The molecular formula is C17H29N3O. The summed E-state index contributed by atoms with van der Waals surface area (Å²) in [5.41, 5.74) is 1.13. The van der Waals surface area contributed by atoms with Gasteiger partial charge in [-0.25, -0.2) is 4.79 Å². The molecule has 1 aromatic rings. The zero-order chi connectivity index (χ0) is 15.8. The van der Waals surface area contributed by atoms with Gasteiger partial charge in [0.1, 0.15) is 0 Å². The molecule has 0 aromatic heterocycles. The molecule has 0 bridgehead atoms. The van der Waals surface area contributed by atoms with Gasteiger partial charge in [0.15, 0.2) is 0 Å². The van der Waals surface area contributed by atoms with Crippen molar-refractivity contribution >= 4 is 6.03 Å². The first-order valence-corrected chi connectivity index (χ1v) is 7.65. The summed E-state index contributed by atoms with van der Waals surface area (Å²) in [6.07, 6.45) is 0. The predicted octanol–water partition coefficient (Wildman–Crippen LogP) is 2.98. The minimum Gasteiger partial charge on any atom is -0.331 e. The van der Waals surface area contributed by atoms with E-state index in [9.17, 15) is 4.79 Å². The number of amides is 2. The lowest BCUT2D eigenvalue weighted by Gasteiger charge is -2.28. The molecule has 1 rings (SSSR count). The molecule has 0 fully saturated rings. The molecule has 21 heavy (non-hydrogen) atoms. The molecule has 0 radical (unpaired) electrons. The highest BCUT2D eigenvalue weighted by molar-refractivity contribution is 5.74. The van der Waals surface area contributed by atoms with Crippen LogP contribution in [0.15, 0.2) is 30.3 Å². The summed E-state index contributed by atoms with van der Waals surface area (Å²) >= 11 is 0. The van der Waals surface area contributed by atoms with Crippen molar-refractivity contribution in [1.82, 2.24) is 15.1 Å². The molecular weight excluding hydrogens is 262 g/mol. The topological polar surface area (TPSA) is 35.6 Å². The fourth-order valence-electron chi connectivity index (χ4n) is 2.14. The van der Waals surface area contributed by atoms with Gasteiger partial charge in [-0.1, -0.05) is 44.2 Å². The van der Waals surface area contributed by atoms with Gasteiger partial charge in [-0.3, -0.25) is 0 Å². The lowest BCUT2D eigenvalue weighted by molar-refractivity contribution is 0.181. The fraction of sp³-hybridized carbons (Fsp3) is 0.588. The number of rotatable bonds is 7. The fourth-order valence-corrected chi connectivity index (χ4v) is 2.14. The Balaban J connectivity index is 2.62. The van der Waals surface area contributed by atoms with Gasteiger partial charge in [-0.15, -0.1) is 0 Å². The van der Waals surface area contributed by atoms with Crippen molar-refractivity contribution in [2.45, 2.75) is 26.8 Å². The molecule has 118 valence electrons. The van der Waals surface area contributed by atoms with Crippen LogP contribution in [0.25, 0.3) is 0 Å². The maximum atomic E-state index is 12.5. The summed E-state index contributed by atoms with van der Waals surface area (Å²) < 4.78 is 0. The molecule has 0 saturated heterocycles. The zero-order valence-electron chi connectivity index (χ0n) is 14.0. The molecule has 2 amide bonds. The molecule has 1 unspecified atom stereocenters. The lowest BCUT2D eigenvalue weighted by atomic mass is 10.1. The second kappa shape index (κ2) is 8.67. The maximum absolute atomic E-state index is 12.5. The number of hydrogen-bond donors (Lipinski definition) is 1. The Kier molecular flexibility index (Phi) is 7.23. The normalized spacial score (nSPS) is 12.5. The molecule has 0 aliphatic rings. The van der Waals surface area contributed by atoms with Crippen molar-refractivity contribution in [3.8, 4) is 0 Å². The number of nitrogens with one attached hydrogen (secondary N) is 1. The van der Waals surface area contributed by atoms with E-state index < -0.39 is 0 Å². The maximum Gasteiger partial charge on any atom is 0.317 e. The van der Waals surface area contributed by atoms with Crippen LogP contribution < -0.4 is 5.32 Å². The van der Waals surface area contributed by atoms with Crippen molar-refractivity contribution < 1.29 is 4.79 Å². The van der Waals surface area contributed by atoms with E-state index in [4.69, 9.17) is 0 Å². The van der Waals surface area contributed by atoms with Crippen LogP contribution in [0, 0.1) is 5.92 Å². The molecule has 1 atom stereocenters. The molecule has 1 N–H and O–H groups in total. The number of nitrogens with zero attached hydrogens (tertiary/aromatic N) is 2. The van der Waals surface area contributed by atoms with Crippen molar-refractivity contribution in [3.63, 3.8) is 0 Å². The highest BCUT2D eigenvalue weighted by atomic mass is 16.2. The number of benzene rings is 1. The highest BCUT2D eigenvalue weighted by Crippen LogP contribution is 2.12. The van der Waals surface area contributed by atoms with Crippen LogP contribution in [0.2, 0.25) is 0 Å². The van der Waals surface area contributed by atoms with E-state index in [0.29, 0.717) is 5.92 Å². The van der Waals surface area contributed by atoms with Gasteiger partial charge in [0.25, 0.3) is 0 Å². The third-order valence-corrected chi connectivity index (χ3v) is 3.33. The average Bonchev–Trinajstić information content (AvgIpc) is 2.43. The second-order valence-corrected chi connectivity index (χ2v) is 6.22. The van der Waals surface area contributed by atoms with Gasteiger partial charge < -0.3 is 15.1 Å². The van der Waals surface area contributed by atoms with E-state index in [-0.39, 0.29) is 12.1 Å². The van der Waals surface area contributed by atoms with E-state index in [2.05, 4.69) is 24.1 Å². The minimum absolute atomic E-state index is 0.0157. The van der Waals surface area contributed by atoms with Crippen LogP contribution in [-0.2, 0) is 0 Å². The third-order valence-electron chi connectivity index (χ3n) is 3.33. The quantitative estimate of drug-likeness (QED) is 0.838. The number of likely N-dealkylation sites (N-methyl/N-ethyl adjacent to an activating group) is 1. The van der Waals surface area contributed by atoms with Crippen LogP contribution in [0.3, 0.4) is 0 Å². The number of urea groups is 1. The first kappa shape index (κ1) is 17.5. The van der Waals surface area contributed by atoms with Crippen molar-refractivity contribution in [2.24, 2.45) is 5.92 Å². The van der Waals surface area contributed by atoms with E-state index >= 15 is 0 Å². The Labute approximate surface area is 129 Å². The first-order valence-electron chi connectivity index (χ1n) is 7.65. The lowest BCUT2D eigenvalue weighted by Crippen LogP contribution is -2.45. The molecule has 4 nitrogen and oxygen atoms in total. The van der Waals surface area contributed by atoms with Gasteiger partial charge in [-0.05, 0) is 32.5 Å². The predicted molar refractivity (Wildman–Crippen MR) is 88.4 cm³/mol. The van der Waals surface area contributed by atoms with Crippen molar-refractivity contribution in [2.75, 3.05) is 33.7 Å². The van der Waals surface area contributed by atoms with Crippen molar-refractivity contribution in [1.29, 1.82) is 0 Å². The van der Waals surface area contributed by atoms with Crippen LogP contribution in [0.4, 0.5) is 4.79 Å². The average molecular weight is 291 g/mol. The Bertz CT molecular complexity index is 417. The molecule has 0 heterocycles. The standard InChI is InChI=1S/C17H29N3O/c1-14(2)13-20(12-11-19(4)5)17(21)18-15(3)16-9-7-6-8-10-16/h6-10,14-15H,11-13H2,1-5H3,(H,18,21). The Morgan fingerprint density at radius 2 is 1.71 bits per heavy atom. The Morgan fingerprint density at radius 1 is 1.10 bits per heavy atom. The number of carbonyl (C=O) groups is 1. The summed E-state index contributed by atoms with van der Waals surface area (Å²) in [5.74, 6) is 0.463. The summed E-state index contributed by atoms with van der Waals surface area (Å²) in [6, 6.07) is 10.1. The molecule has 1 aromatic carbocycles. The molecule has 0 aliphatic carbocycles. The smallest absolute Gasteiger partial charge is 0.317 e. The largest absolute Gasteiger partial charge is 0.331 e. The van der Waals surface area contributed by atoms with E-state index in [1.54, 1.807) is 0 Å². The molecule has 4 heteroatoms. The minimum atomic E-state index is 0.0157. The van der Waals surface area contributed by atoms with Gasteiger partial charge in [0, 0.05) is 19.6 Å². The summed E-state index contributed by atoms with van der Waals surface area (Å²) in [7, 11) is 4.05.